The highest BCUT2D eigenvalue weighted by Crippen LogP contribution is 2.67. The van der Waals surface area contributed by atoms with Gasteiger partial charge in [0.2, 0.25) is 0 Å². The number of carbonyl (C=O) groups excluding carboxylic acids is 2. The van der Waals surface area contributed by atoms with Gasteiger partial charge in [-0.1, -0.05) is 51.8 Å². The summed E-state index contributed by atoms with van der Waals surface area (Å²) < 4.78 is 5.60. The molecular formula is C30H46O3. The van der Waals surface area contributed by atoms with Crippen molar-refractivity contribution in [1.29, 1.82) is 0 Å². The fraction of sp³-hybridized carbons (Fsp3) is 0.800. The molecule has 0 heterocycles. The van der Waals surface area contributed by atoms with Gasteiger partial charge in [-0.15, -0.1) is 0 Å². The van der Waals surface area contributed by atoms with Crippen LogP contribution >= 0.6 is 0 Å². The first-order valence-corrected chi connectivity index (χ1v) is 13.6. The third kappa shape index (κ3) is 4.27. The van der Waals surface area contributed by atoms with Gasteiger partial charge in [-0.25, -0.2) is 0 Å². The van der Waals surface area contributed by atoms with Crippen LogP contribution in [0.15, 0.2) is 23.3 Å². The maximum absolute atomic E-state index is 12.8. The second-order valence-electron chi connectivity index (χ2n) is 12.7. The maximum atomic E-state index is 12.8. The van der Waals surface area contributed by atoms with E-state index in [1.165, 1.54) is 44.6 Å². The van der Waals surface area contributed by atoms with Gasteiger partial charge < -0.3 is 4.74 Å². The van der Waals surface area contributed by atoms with E-state index in [1.54, 1.807) is 5.57 Å². The van der Waals surface area contributed by atoms with Crippen molar-refractivity contribution < 1.29 is 14.3 Å². The third-order valence-corrected chi connectivity index (χ3v) is 10.8. The number of esters is 1. The molecule has 8 atom stereocenters. The van der Waals surface area contributed by atoms with E-state index in [0.717, 1.165) is 37.0 Å². The molecule has 3 saturated carbocycles. The molecule has 0 N–H and O–H groups in total. The molecule has 3 heteroatoms. The number of hydrogen-bond acceptors (Lipinski definition) is 3. The predicted molar refractivity (Wildman–Crippen MR) is 134 cm³/mol. The largest absolute Gasteiger partial charge is 0.462 e. The van der Waals surface area contributed by atoms with Gasteiger partial charge in [-0.05, 0) is 98.4 Å². The lowest BCUT2D eigenvalue weighted by molar-refractivity contribution is -0.148. The van der Waals surface area contributed by atoms with Crippen LogP contribution in [0.25, 0.3) is 0 Å². The van der Waals surface area contributed by atoms with Crippen molar-refractivity contribution in [2.75, 3.05) is 0 Å². The Morgan fingerprint density at radius 2 is 1.76 bits per heavy atom. The summed E-state index contributed by atoms with van der Waals surface area (Å²) in [5.41, 5.74) is 3.48. The van der Waals surface area contributed by atoms with E-state index in [0.29, 0.717) is 23.0 Å². The van der Waals surface area contributed by atoms with E-state index in [1.807, 2.05) is 6.08 Å². The van der Waals surface area contributed by atoms with Gasteiger partial charge in [0.05, 0.1) is 0 Å². The number of carbonyl (C=O) groups is 2. The molecule has 0 radical (unpaired) electrons. The first kappa shape index (κ1) is 24.7. The lowest BCUT2D eigenvalue weighted by Crippen LogP contribution is -2.50. The Morgan fingerprint density at radius 1 is 1.03 bits per heavy atom. The Morgan fingerprint density at radius 3 is 2.42 bits per heavy atom. The Labute approximate surface area is 201 Å². The molecule has 0 spiro atoms. The van der Waals surface area contributed by atoms with Gasteiger partial charge >= 0.3 is 5.97 Å². The first-order valence-electron chi connectivity index (χ1n) is 13.6. The fourth-order valence-corrected chi connectivity index (χ4v) is 8.50. The van der Waals surface area contributed by atoms with Crippen molar-refractivity contribution in [3.05, 3.63) is 23.3 Å². The Balaban J connectivity index is 1.53. The SMILES string of the molecule is CC(=O)O[C@H]1CC[C@@]2(C)C(=CC[C@H]3[C@@H]4CC[C@H](/C(C)=C/C(=O)[C@H](C)C(C)C)[C@@]4(C)CC[C@@H]32)C1. The lowest BCUT2D eigenvalue weighted by atomic mass is 9.47. The van der Waals surface area contributed by atoms with Crippen LogP contribution in [0.2, 0.25) is 0 Å². The number of hydrogen-bond donors (Lipinski definition) is 0. The zero-order chi connectivity index (χ0) is 24.1. The third-order valence-electron chi connectivity index (χ3n) is 10.8. The standard InChI is InChI=1S/C30H46O3/c1-18(2)20(4)28(32)16-19(3)25-10-11-26-24-9-8-22-17-23(33-21(5)31)12-14-29(22,6)27(24)13-15-30(25,26)7/h8,16,18,20,23-27H,9-15,17H2,1-7H3/b19-16+/t20-,23+,24+,25-,26+,27+,29+,30-/m1/s1. The van der Waals surface area contributed by atoms with Gasteiger partial charge in [0.15, 0.2) is 5.78 Å². The second kappa shape index (κ2) is 9.00. The maximum Gasteiger partial charge on any atom is 0.302 e. The van der Waals surface area contributed by atoms with Crippen molar-refractivity contribution in [1.82, 2.24) is 0 Å². The van der Waals surface area contributed by atoms with Gasteiger partial charge in [0.25, 0.3) is 0 Å². The van der Waals surface area contributed by atoms with E-state index < -0.39 is 0 Å². The number of fused-ring (bicyclic) bond motifs is 5. The van der Waals surface area contributed by atoms with Crippen LogP contribution in [0, 0.1) is 46.3 Å². The minimum absolute atomic E-state index is 0.0710. The van der Waals surface area contributed by atoms with Crippen molar-refractivity contribution >= 4 is 11.8 Å². The molecule has 4 rings (SSSR count). The molecule has 4 aliphatic carbocycles. The van der Waals surface area contributed by atoms with E-state index in [-0.39, 0.29) is 23.4 Å². The summed E-state index contributed by atoms with van der Waals surface area (Å²) in [6.45, 7) is 15.2. The molecule has 0 unspecified atom stereocenters. The molecule has 0 aromatic rings. The highest BCUT2D eigenvalue weighted by Gasteiger charge is 2.58. The van der Waals surface area contributed by atoms with Crippen molar-refractivity contribution in [2.45, 2.75) is 106 Å². The van der Waals surface area contributed by atoms with Crippen LogP contribution in [0.3, 0.4) is 0 Å². The minimum atomic E-state index is -0.145. The van der Waals surface area contributed by atoms with Gasteiger partial charge in [0, 0.05) is 19.3 Å². The molecule has 33 heavy (non-hydrogen) atoms. The summed E-state index contributed by atoms with van der Waals surface area (Å²) in [5, 5.41) is 0. The average Bonchev–Trinajstić information content (AvgIpc) is 3.10. The van der Waals surface area contributed by atoms with Crippen LogP contribution in [0.4, 0.5) is 0 Å². The van der Waals surface area contributed by atoms with E-state index >= 15 is 0 Å². The van der Waals surface area contributed by atoms with Crippen LogP contribution in [0.1, 0.15) is 99.8 Å². The first-order chi connectivity index (χ1) is 15.5. The number of allylic oxidation sites excluding steroid dienone is 3. The quantitative estimate of drug-likeness (QED) is 0.248. The summed E-state index contributed by atoms with van der Waals surface area (Å²) in [6.07, 6.45) is 14.0. The molecule has 0 saturated heterocycles. The minimum Gasteiger partial charge on any atom is -0.462 e. The lowest BCUT2D eigenvalue weighted by Gasteiger charge is -2.58. The molecule has 184 valence electrons. The summed E-state index contributed by atoms with van der Waals surface area (Å²) in [7, 11) is 0. The number of ketones is 1. The average molecular weight is 455 g/mol. The normalized spacial score (nSPS) is 41.5. The number of rotatable bonds is 5. The zero-order valence-corrected chi connectivity index (χ0v) is 22.1. The van der Waals surface area contributed by atoms with Crippen LogP contribution in [-0.4, -0.2) is 17.9 Å². The molecule has 0 aromatic carbocycles. The van der Waals surface area contributed by atoms with Crippen molar-refractivity contribution in [3.63, 3.8) is 0 Å². The Bertz CT molecular complexity index is 851. The molecule has 3 nitrogen and oxygen atoms in total. The van der Waals surface area contributed by atoms with Gasteiger partial charge in [0.1, 0.15) is 6.10 Å². The molecular weight excluding hydrogens is 408 g/mol. The monoisotopic (exact) mass is 454 g/mol. The smallest absolute Gasteiger partial charge is 0.302 e. The highest BCUT2D eigenvalue weighted by molar-refractivity contribution is 5.92. The molecule has 0 amide bonds. The molecule has 4 aliphatic rings. The van der Waals surface area contributed by atoms with Crippen molar-refractivity contribution in [2.24, 2.45) is 46.3 Å². The molecule has 0 aliphatic heterocycles. The number of ether oxygens (including phenoxy) is 1. The van der Waals surface area contributed by atoms with Crippen LogP contribution in [-0.2, 0) is 14.3 Å². The molecule has 3 fully saturated rings. The fourth-order valence-electron chi connectivity index (χ4n) is 8.50. The van der Waals surface area contributed by atoms with Crippen LogP contribution < -0.4 is 0 Å². The second-order valence-corrected chi connectivity index (χ2v) is 12.7. The topological polar surface area (TPSA) is 43.4 Å². The van der Waals surface area contributed by atoms with Crippen molar-refractivity contribution in [3.8, 4) is 0 Å². The van der Waals surface area contributed by atoms with Crippen LogP contribution in [0.5, 0.6) is 0 Å². The summed E-state index contributed by atoms with van der Waals surface area (Å²) in [6, 6.07) is 0. The summed E-state index contributed by atoms with van der Waals surface area (Å²) in [5.74, 6) is 3.46. The Kier molecular flexibility index (Phi) is 6.75. The van der Waals surface area contributed by atoms with E-state index in [2.05, 4.69) is 47.6 Å². The highest BCUT2D eigenvalue weighted by atomic mass is 16.5. The predicted octanol–water partition coefficient (Wildman–Crippen LogP) is 7.30. The van der Waals surface area contributed by atoms with Gasteiger partial charge in [-0.2, -0.15) is 0 Å². The summed E-state index contributed by atoms with van der Waals surface area (Å²) in [4.78, 5) is 24.3. The Hall–Kier alpha value is -1.38. The molecule has 0 aromatic heterocycles. The van der Waals surface area contributed by atoms with E-state index in [9.17, 15) is 9.59 Å². The van der Waals surface area contributed by atoms with E-state index in [4.69, 9.17) is 4.74 Å². The summed E-state index contributed by atoms with van der Waals surface area (Å²) >= 11 is 0. The van der Waals surface area contributed by atoms with Gasteiger partial charge in [-0.3, -0.25) is 9.59 Å². The molecule has 0 bridgehead atoms. The zero-order valence-electron chi connectivity index (χ0n) is 22.1.